The number of rotatable bonds is 3. The van der Waals surface area contributed by atoms with Crippen LogP contribution in [0, 0.1) is 6.92 Å². The molecular formula is C16H21N3O4S. The Labute approximate surface area is 141 Å². The quantitative estimate of drug-likeness (QED) is 0.839. The Morgan fingerprint density at radius 2 is 2.04 bits per heavy atom. The van der Waals surface area contributed by atoms with E-state index in [1.807, 2.05) is 0 Å². The zero-order valence-corrected chi connectivity index (χ0v) is 14.7. The summed E-state index contributed by atoms with van der Waals surface area (Å²) in [6.45, 7) is 5.14. The van der Waals surface area contributed by atoms with Crippen LogP contribution in [0.4, 0.5) is 0 Å². The van der Waals surface area contributed by atoms with Crippen LogP contribution < -0.4 is 0 Å². The molecule has 3 rings (SSSR count). The van der Waals surface area contributed by atoms with E-state index in [-0.39, 0.29) is 11.7 Å². The Kier molecular flexibility index (Phi) is 4.60. The summed E-state index contributed by atoms with van der Waals surface area (Å²) in [6.07, 6.45) is 0.635. The highest BCUT2D eigenvalue weighted by atomic mass is 32.2. The van der Waals surface area contributed by atoms with Crippen LogP contribution in [0.5, 0.6) is 0 Å². The number of hydrogen-bond acceptors (Lipinski definition) is 5. The van der Waals surface area contributed by atoms with E-state index in [0.717, 1.165) is 0 Å². The van der Waals surface area contributed by atoms with Crippen LogP contribution in [0.3, 0.4) is 0 Å². The van der Waals surface area contributed by atoms with Crippen molar-refractivity contribution in [1.82, 2.24) is 14.2 Å². The first-order valence-corrected chi connectivity index (χ1v) is 9.66. The lowest BCUT2D eigenvalue weighted by atomic mass is 10.1. The van der Waals surface area contributed by atoms with Crippen molar-refractivity contribution in [2.24, 2.45) is 0 Å². The van der Waals surface area contributed by atoms with Gasteiger partial charge in [-0.1, -0.05) is 0 Å². The van der Waals surface area contributed by atoms with Crippen LogP contribution in [-0.4, -0.2) is 60.4 Å². The minimum Gasteiger partial charge on any atom is -0.441 e. The predicted octanol–water partition coefficient (Wildman–Crippen LogP) is 1.63. The summed E-state index contributed by atoms with van der Waals surface area (Å²) < 4.78 is 30.9. The standard InChI is InChI=1S/C16H21N3O4S/c1-3-24(21,22)19-8-4-7-18(9-10-19)16(20)13-5-6-15-14(11-13)17-12(2)23-15/h5-6,11H,3-4,7-10H2,1-2H3. The SMILES string of the molecule is CCS(=O)(=O)N1CCCN(C(=O)c2ccc3oc(C)nc3c2)CC1. The van der Waals surface area contributed by atoms with Gasteiger partial charge in [-0.3, -0.25) is 4.79 Å². The third-order valence-electron chi connectivity index (χ3n) is 4.24. The van der Waals surface area contributed by atoms with E-state index in [2.05, 4.69) is 4.98 Å². The molecule has 0 atom stereocenters. The summed E-state index contributed by atoms with van der Waals surface area (Å²) in [7, 11) is -3.21. The maximum atomic E-state index is 12.7. The van der Waals surface area contributed by atoms with Gasteiger partial charge in [0.05, 0.1) is 5.75 Å². The molecule has 0 saturated carbocycles. The Bertz CT molecular complexity index is 859. The highest BCUT2D eigenvalue weighted by Crippen LogP contribution is 2.19. The average Bonchev–Trinajstić information content (AvgIpc) is 2.77. The van der Waals surface area contributed by atoms with Gasteiger partial charge in [-0.15, -0.1) is 0 Å². The number of carbonyl (C=O) groups is 1. The monoisotopic (exact) mass is 351 g/mol. The number of aromatic nitrogens is 1. The van der Waals surface area contributed by atoms with E-state index >= 15 is 0 Å². The summed E-state index contributed by atoms with van der Waals surface area (Å²) in [4.78, 5) is 18.7. The first kappa shape index (κ1) is 16.9. The van der Waals surface area contributed by atoms with Gasteiger partial charge in [0.2, 0.25) is 10.0 Å². The van der Waals surface area contributed by atoms with Crippen molar-refractivity contribution in [2.75, 3.05) is 31.9 Å². The number of hydrogen-bond donors (Lipinski definition) is 0. The van der Waals surface area contributed by atoms with Crippen LogP contribution in [0.1, 0.15) is 29.6 Å². The van der Waals surface area contributed by atoms with Gasteiger partial charge in [0.1, 0.15) is 5.52 Å². The second kappa shape index (κ2) is 6.52. The molecule has 2 aromatic rings. The van der Waals surface area contributed by atoms with E-state index in [0.29, 0.717) is 55.2 Å². The summed E-state index contributed by atoms with van der Waals surface area (Å²) in [6, 6.07) is 5.19. The molecule has 2 heterocycles. The molecule has 0 N–H and O–H groups in total. The Balaban J connectivity index is 1.76. The van der Waals surface area contributed by atoms with Crippen LogP contribution in [-0.2, 0) is 10.0 Å². The topological polar surface area (TPSA) is 83.7 Å². The lowest BCUT2D eigenvalue weighted by Gasteiger charge is -2.21. The molecule has 0 aliphatic carbocycles. The predicted molar refractivity (Wildman–Crippen MR) is 90.3 cm³/mol. The van der Waals surface area contributed by atoms with Crippen molar-refractivity contribution in [3.63, 3.8) is 0 Å². The van der Waals surface area contributed by atoms with Gasteiger partial charge >= 0.3 is 0 Å². The Morgan fingerprint density at radius 1 is 1.25 bits per heavy atom. The maximum absolute atomic E-state index is 12.7. The minimum absolute atomic E-state index is 0.0864. The first-order valence-electron chi connectivity index (χ1n) is 8.05. The zero-order chi connectivity index (χ0) is 17.3. The number of fused-ring (bicyclic) bond motifs is 1. The van der Waals surface area contributed by atoms with Crippen molar-refractivity contribution < 1.29 is 17.6 Å². The van der Waals surface area contributed by atoms with Crippen molar-refractivity contribution in [1.29, 1.82) is 0 Å². The molecule has 1 amide bonds. The molecule has 1 fully saturated rings. The fourth-order valence-electron chi connectivity index (χ4n) is 2.92. The molecule has 1 aliphatic heterocycles. The van der Waals surface area contributed by atoms with Crippen molar-refractivity contribution in [2.45, 2.75) is 20.3 Å². The molecule has 8 heteroatoms. The van der Waals surface area contributed by atoms with Crippen LogP contribution in [0.15, 0.2) is 22.6 Å². The van der Waals surface area contributed by atoms with Crippen molar-refractivity contribution in [3.05, 3.63) is 29.7 Å². The maximum Gasteiger partial charge on any atom is 0.253 e. The second-order valence-corrected chi connectivity index (χ2v) is 8.12. The van der Waals surface area contributed by atoms with Gasteiger partial charge in [0.25, 0.3) is 5.91 Å². The van der Waals surface area contributed by atoms with E-state index < -0.39 is 10.0 Å². The molecule has 24 heavy (non-hydrogen) atoms. The Hall–Kier alpha value is -1.93. The molecule has 0 spiro atoms. The summed E-state index contributed by atoms with van der Waals surface area (Å²) in [5.41, 5.74) is 1.85. The minimum atomic E-state index is -3.21. The molecule has 0 unspecified atom stereocenters. The lowest BCUT2D eigenvalue weighted by molar-refractivity contribution is 0.0764. The van der Waals surface area contributed by atoms with E-state index in [9.17, 15) is 13.2 Å². The van der Waals surface area contributed by atoms with Crippen molar-refractivity contribution >= 4 is 27.0 Å². The van der Waals surface area contributed by atoms with E-state index in [1.165, 1.54) is 4.31 Å². The number of oxazole rings is 1. The third-order valence-corrected chi connectivity index (χ3v) is 6.12. The molecule has 1 saturated heterocycles. The fraction of sp³-hybridized carbons (Fsp3) is 0.500. The van der Waals surface area contributed by atoms with Crippen LogP contribution in [0.25, 0.3) is 11.1 Å². The summed E-state index contributed by atoms with van der Waals surface area (Å²) in [5.74, 6) is 0.543. The molecule has 0 radical (unpaired) electrons. The average molecular weight is 351 g/mol. The third kappa shape index (κ3) is 3.29. The Morgan fingerprint density at radius 3 is 2.79 bits per heavy atom. The van der Waals surface area contributed by atoms with Crippen molar-refractivity contribution in [3.8, 4) is 0 Å². The first-order chi connectivity index (χ1) is 11.4. The van der Waals surface area contributed by atoms with Crippen LogP contribution >= 0.6 is 0 Å². The summed E-state index contributed by atoms with van der Waals surface area (Å²) in [5, 5.41) is 0. The largest absolute Gasteiger partial charge is 0.441 e. The number of sulfonamides is 1. The molecular weight excluding hydrogens is 330 g/mol. The number of amides is 1. The number of benzene rings is 1. The van der Waals surface area contributed by atoms with Gasteiger partial charge in [0, 0.05) is 38.7 Å². The van der Waals surface area contributed by atoms with Gasteiger partial charge in [-0.2, -0.15) is 0 Å². The summed E-state index contributed by atoms with van der Waals surface area (Å²) >= 11 is 0. The van der Waals surface area contributed by atoms with Gasteiger partial charge in [-0.05, 0) is 31.5 Å². The molecule has 130 valence electrons. The molecule has 0 bridgehead atoms. The molecule has 1 aromatic heterocycles. The number of carbonyl (C=O) groups excluding carboxylic acids is 1. The number of nitrogens with zero attached hydrogens (tertiary/aromatic N) is 3. The van der Waals surface area contributed by atoms with Gasteiger partial charge in [0.15, 0.2) is 11.5 Å². The van der Waals surface area contributed by atoms with Crippen LogP contribution in [0.2, 0.25) is 0 Å². The fourth-order valence-corrected chi connectivity index (χ4v) is 4.05. The van der Waals surface area contributed by atoms with E-state index in [4.69, 9.17) is 4.42 Å². The zero-order valence-electron chi connectivity index (χ0n) is 13.9. The number of aryl methyl sites for hydroxylation is 1. The normalized spacial score (nSPS) is 17.2. The second-order valence-electron chi connectivity index (χ2n) is 5.86. The highest BCUT2D eigenvalue weighted by Gasteiger charge is 2.26. The molecule has 1 aliphatic rings. The van der Waals surface area contributed by atoms with Gasteiger partial charge in [-0.25, -0.2) is 17.7 Å². The molecule has 1 aromatic carbocycles. The smallest absolute Gasteiger partial charge is 0.253 e. The lowest BCUT2D eigenvalue weighted by Crippen LogP contribution is -2.37. The van der Waals surface area contributed by atoms with Gasteiger partial charge < -0.3 is 9.32 Å². The van der Waals surface area contributed by atoms with E-state index in [1.54, 1.807) is 36.9 Å². The highest BCUT2D eigenvalue weighted by molar-refractivity contribution is 7.89. The molecule has 7 nitrogen and oxygen atoms in total.